The van der Waals surface area contributed by atoms with Crippen molar-refractivity contribution in [2.45, 2.75) is 39.2 Å². The molecule has 1 atom stereocenters. The first-order valence-corrected chi connectivity index (χ1v) is 6.62. The van der Waals surface area contributed by atoms with Crippen LogP contribution in [0.4, 0.5) is 0 Å². The standard InChI is InChI=1S/C15H23NO/c1-4-16-14(9-12-6-7-12)13-8-5-11(2)15(10-13)17-3/h5,8,10,12,14,16H,4,6-7,9H2,1-3H3. The molecule has 1 aliphatic rings. The largest absolute Gasteiger partial charge is 0.496 e. The monoisotopic (exact) mass is 233 g/mol. The predicted octanol–water partition coefficient (Wildman–Crippen LogP) is 3.45. The van der Waals surface area contributed by atoms with E-state index in [0.29, 0.717) is 6.04 Å². The Morgan fingerprint density at radius 1 is 1.41 bits per heavy atom. The van der Waals surface area contributed by atoms with Crippen LogP contribution in [0.5, 0.6) is 5.75 Å². The summed E-state index contributed by atoms with van der Waals surface area (Å²) in [6.45, 7) is 5.28. The SMILES string of the molecule is CCNC(CC1CC1)c1ccc(C)c(OC)c1. The Kier molecular flexibility index (Phi) is 4.06. The summed E-state index contributed by atoms with van der Waals surface area (Å²) >= 11 is 0. The van der Waals surface area contributed by atoms with Gasteiger partial charge in [-0.05, 0) is 43.0 Å². The predicted molar refractivity (Wildman–Crippen MR) is 71.5 cm³/mol. The number of ether oxygens (including phenoxy) is 1. The highest BCUT2D eigenvalue weighted by atomic mass is 16.5. The van der Waals surface area contributed by atoms with E-state index in [1.54, 1.807) is 7.11 Å². The van der Waals surface area contributed by atoms with Crippen molar-refractivity contribution in [1.82, 2.24) is 5.32 Å². The molecule has 2 nitrogen and oxygen atoms in total. The molecular weight excluding hydrogens is 210 g/mol. The molecule has 17 heavy (non-hydrogen) atoms. The molecule has 1 N–H and O–H groups in total. The van der Waals surface area contributed by atoms with E-state index in [0.717, 1.165) is 18.2 Å². The molecule has 1 aromatic rings. The number of methoxy groups -OCH3 is 1. The molecule has 0 amide bonds. The second-order valence-corrected chi connectivity index (χ2v) is 5.02. The fourth-order valence-corrected chi connectivity index (χ4v) is 2.32. The third-order valence-corrected chi connectivity index (χ3v) is 3.55. The maximum Gasteiger partial charge on any atom is 0.122 e. The van der Waals surface area contributed by atoms with Crippen LogP contribution in [0.25, 0.3) is 0 Å². The van der Waals surface area contributed by atoms with Crippen molar-refractivity contribution in [2.24, 2.45) is 5.92 Å². The third-order valence-electron chi connectivity index (χ3n) is 3.55. The van der Waals surface area contributed by atoms with Crippen molar-refractivity contribution >= 4 is 0 Å². The summed E-state index contributed by atoms with van der Waals surface area (Å²) in [6.07, 6.45) is 4.08. The highest BCUT2D eigenvalue weighted by molar-refractivity contribution is 5.37. The lowest BCUT2D eigenvalue weighted by Crippen LogP contribution is -2.21. The minimum atomic E-state index is 0.488. The number of hydrogen-bond donors (Lipinski definition) is 1. The molecule has 0 radical (unpaired) electrons. The molecule has 0 aliphatic heterocycles. The third kappa shape index (κ3) is 3.22. The van der Waals surface area contributed by atoms with Gasteiger partial charge in [0.15, 0.2) is 0 Å². The van der Waals surface area contributed by atoms with Gasteiger partial charge in [0, 0.05) is 6.04 Å². The molecule has 2 heteroatoms. The lowest BCUT2D eigenvalue weighted by atomic mass is 9.99. The first-order valence-electron chi connectivity index (χ1n) is 6.62. The van der Waals surface area contributed by atoms with Gasteiger partial charge in [-0.15, -0.1) is 0 Å². The van der Waals surface area contributed by atoms with Gasteiger partial charge >= 0.3 is 0 Å². The van der Waals surface area contributed by atoms with Crippen LogP contribution >= 0.6 is 0 Å². The second-order valence-electron chi connectivity index (χ2n) is 5.02. The van der Waals surface area contributed by atoms with Crippen molar-refractivity contribution in [3.8, 4) is 5.75 Å². The van der Waals surface area contributed by atoms with Crippen LogP contribution in [0, 0.1) is 12.8 Å². The van der Waals surface area contributed by atoms with Crippen LogP contribution in [-0.2, 0) is 0 Å². The van der Waals surface area contributed by atoms with Crippen molar-refractivity contribution in [3.05, 3.63) is 29.3 Å². The molecule has 94 valence electrons. The maximum absolute atomic E-state index is 5.41. The summed E-state index contributed by atoms with van der Waals surface area (Å²) in [6, 6.07) is 7.06. The van der Waals surface area contributed by atoms with Crippen molar-refractivity contribution in [1.29, 1.82) is 0 Å². The van der Waals surface area contributed by atoms with E-state index in [9.17, 15) is 0 Å². The molecule has 1 saturated carbocycles. The Labute approximate surface area is 104 Å². The van der Waals surface area contributed by atoms with Gasteiger partial charge in [0.05, 0.1) is 7.11 Å². The molecular formula is C15H23NO. The molecule has 1 unspecified atom stereocenters. The Morgan fingerprint density at radius 3 is 2.76 bits per heavy atom. The molecule has 1 aromatic carbocycles. The summed E-state index contributed by atoms with van der Waals surface area (Å²) in [5.74, 6) is 1.94. The van der Waals surface area contributed by atoms with Gasteiger partial charge in [-0.2, -0.15) is 0 Å². The smallest absolute Gasteiger partial charge is 0.122 e. The summed E-state index contributed by atoms with van der Waals surface area (Å²) in [5.41, 5.74) is 2.57. The summed E-state index contributed by atoms with van der Waals surface area (Å²) in [4.78, 5) is 0. The highest BCUT2D eigenvalue weighted by Crippen LogP contribution is 2.38. The molecule has 1 fully saturated rings. The first kappa shape index (κ1) is 12.4. The molecule has 0 saturated heterocycles. The van der Waals surface area contributed by atoms with Gasteiger partial charge in [-0.1, -0.05) is 31.9 Å². The molecule has 0 spiro atoms. The van der Waals surface area contributed by atoms with E-state index in [2.05, 4.69) is 37.4 Å². The zero-order valence-electron chi connectivity index (χ0n) is 11.1. The van der Waals surface area contributed by atoms with Gasteiger partial charge in [0.2, 0.25) is 0 Å². The topological polar surface area (TPSA) is 21.3 Å². The molecule has 0 bridgehead atoms. The van der Waals surface area contributed by atoms with Crippen LogP contribution < -0.4 is 10.1 Å². The number of rotatable bonds is 6. The van der Waals surface area contributed by atoms with Crippen molar-refractivity contribution in [2.75, 3.05) is 13.7 Å². The Hall–Kier alpha value is -1.02. The zero-order chi connectivity index (χ0) is 12.3. The minimum absolute atomic E-state index is 0.488. The van der Waals surface area contributed by atoms with Crippen LogP contribution in [0.1, 0.15) is 43.4 Å². The first-order chi connectivity index (χ1) is 8.24. The van der Waals surface area contributed by atoms with Crippen molar-refractivity contribution in [3.63, 3.8) is 0 Å². The van der Waals surface area contributed by atoms with Crippen LogP contribution in [0.2, 0.25) is 0 Å². The Balaban J connectivity index is 2.15. The second kappa shape index (κ2) is 5.54. The van der Waals surface area contributed by atoms with E-state index in [-0.39, 0.29) is 0 Å². The minimum Gasteiger partial charge on any atom is -0.496 e. The van der Waals surface area contributed by atoms with Crippen LogP contribution in [-0.4, -0.2) is 13.7 Å². The molecule has 1 aliphatic carbocycles. The average molecular weight is 233 g/mol. The molecule has 0 aromatic heterocycles. The highest BCUT2D eigenvalue weighted by Gasteiger charge is 2.26. The Morgan fingerprint density at radius 2 is 2.18 bits per heavy atom. The van der Waals surface area contributed by atoms with Gasteiger partial charge in [0.25, 0.3) is 0 Å². The van der Waals surface area contributed by atoms with E-state index in [4.69, 9.17) is 4.74 Å². The van der Waals surface area contributed by atoms with E-state index < -0.39 is 0 Å². The molecule has 0 heterocycles. The van der Waals surface area contributed by atoms with Gasteiger partial charge in [-0.3, -0.25) is 0 Å². The van der Waals surface area contributed by atoms with Gasteiger partial charge in [0.1, 0.15) is 5.75 Å². The fraction of sp³-hybridized carbons (Fsp3) is 0.600. The number of aryl methyl sites for hydroxylation is 1. The van der Waals surface area contributed by atoms with E-state index >= 15 is 0 Å². The summed E-state index contributed by atoms with van der Waals surface area (Å²) in [7, 11) is 1.75. The lowest BCUT2D eigenvalue weighted by Gasteiger charge is -2.19. The van der Waals surface area contributed by atoms with Crippen LogP contribution in [0.15, 0.2) is 18.2 Å². The average Bonchev–Trinajstić information content (AvgIpc) is 3.13. The quantitative estimate of drug-likeness (QED) is 0.812. The zero-order valence-corrected chi connectivity index (χ0v) is 11.1. The number of hydrogen-bond acceptors (Lipinski definition) is 2. The van der Waals surface area contributed by atoms with Crippen LogP contribution in [0.3, 0.4) is 0 Å². The maximum atomic E-state index is 5.41. The number of benzene rings is 1. The fourth-order valence-electron chi connectivity index (χ4n) is 2.32. The lowest BCUT2D eigenvalue weighted by molar-refractivity contribution is 0.408. The van der Waals surface area contributed by atoms with E-state index in [1.165, 1.54) is 30.4 Å². The normalized spacial score (nSPS) is 16.9. The van der Waals surface area contributed by atoms with E-state index in [1.807, 2.05) is 0 Å². The molecule has 2 rings (SSSR count). The summed E-state index contributed by atoms with van der Waals surface area (Å²) < 4.78 is 5.41. The number of nitrogens with one attached hydrogen (secondary N) is 1. The van der Waals surface area contributed by atoms with Gasteiger partial charge in [-0.25, -0.2) is 0 Å². The Bertz CT molecular complexity index is 371. The van der Waals surface area contributed by atoms with Gasteiger partial charge < -0.3 is 10.1 Å². The summed E-state index contributed by atoms with van der Waals surface area (Å²) in [5, 5.41) is 3.59. The van der Waals surface area contributed by atoms with Crippen molar-refractivity contribution < 1.29 is 4.74 Å².